The number of rotatable bonds is 3. The first kappa shape index (κ1) is 14.3. The van der Waals surface area contributed by atoms with E-state index in [4.69, 9.17) is 5.11 Å². The highest BCUT2D eigenvalue weighted by Crippen LogP contribution is 2.39. The van der Waals surface area contributed by atoms with Gasteiger partial charge in [-0.3, -0.25) is 0 Å². The Bertz CT molecular complexity index is 555. The third-order valence-electron chi connectivity index (χ3n) is 4.84. The summed E-state index contributed by atoms with van der Waals surface area (Å²) in [6.07, 6.45) is 6.71. The van der Waals surface area contributed by atoms with Crippen molar-refractivity contribution in [1.82, 2.24) is 0 Å². The van der Waals surface area contributed by atoms with Crippen molar-refractivity contribution in [3.05, 3.63) is 29.3 Å². The van der Waals surface area contributed by atoms with Crippen LogP contribution in [0.25, 0.3) is 0 Å². The molecule has 114 valence electrons. The molecule has 1 atom stereocenters. The Morgan fingerprint density at radius 1 is 1.10 bits per heavy atom. The maximum Gasteiger partial charge on any atom is 0.338 e. The van der Waals surface area contributed by atoms with Gasteiger partial charge in [-0.25, -0.2) is 13.6 Å². The second-order valence-electron chi connectivity index (χ2n) is 6.01. The highest BCUT2D eigenvalue weighted by atomic mass is 19.2. The van der Waals surface area contributed by atoms with Crippen molar-refractivity contribution in [2.75, 3.05) is 11.4 Å². The second kappa shape index (κ2) is 5.62. The molecular formula is C16H19F2NO2. The lowest BCUT2D eigenvalue weighted by Gasteiger charge is -2.31. The van der Waals surface area contributed by atoms with Gasteiger partial charge in [0.1, 0.15) is 0 Å². The molecule has 1 aliphatic carbocycles. The summed E-state index contributed by atoms with van der Waals surface area (Å²) in [6, 6.07) is 2.84. The molecule has 1 heterocycles. The molecule has 1 saturated carbocycles. The molecule has 0 bridgehead atoms. The van der Waals surface area contributed by atoms with Crippen molar-refractivity contribution in [2.45, 2.75) is 44.6 Å². The van der Waals surface area contributed by atoms with Crippen LogP contribution in [0, 0.1) is 17.6 Å². The van der Waals surface area contributed by atoms with Gasteiger partial charge in [-0.05, 0) is 43.7 Å². The van der Waals surface area contributed by atoms with Gasteiger partial charge in [0.2, 0.25) is 0 Å². The van der Waals surface area contributed by atoms with E-state index in [0.29, 0.717) is 12.5 Å². The van der Waals surface area contributed by atoms with E-state index in [1.807, 2.05) is 4.90 Å². The highest BCUT2D eigenvalue weighted by molar-refractivity contribution is 5.88. The first-order valence-electron chi connectivity index (χ1n) is 7.57. The minimum atomic E-state index is -1.44. The van der Waals surface area contributed by atoms with Gasteiger partial charge in [0.05, 0.1) is 11.3 Å². The maximum atomic E-state index is 14.3. The zero-order chi connectivity index (χ0) is 15.0. The minimum Gasteiger partial charge on any atom is -0.478 e. The third-order valence-corrected chi connectivity index (χ3v) is 4.84. The van der Waals surface area contributed by atoms with Gasteiger partial charge in [0.25, 0.3) is 0 Å². The molecule has 0 radical (unpaired) electrons. The first-order chi connectivity index (χ1) is 10.1. The zero-order valence-electron chi connectivity index (χ0n) is 11.8. The normalized spacial score (nSPS) is 23.0. The number of carboxylic acid groups (broad SMARTS) is 1. The Morgan fingerprint density at radius 3 is 2.48 bits per heavy atom. The van der Waals surface area contributed by atoms with Crippen LogP contribution in [0.3, 0.4) is 0 Å². The molecule has 1 aliphatic heterocycles. The SMILES string of the molecule is O=C(O)c1ccc(N2CCCC2C2CCCC2)c(F)c1F. The summed E-state index contributed by atoms with van der Waals surface area (Å²) in [5, 5.41) is 8.85. The minimum absolute atomic E-state index is 0.215. The topological polar surface area (TPSA) is 40.5 Å². The summed E-state index contributed by atoms with van der Waals surface area (Å²) in [5.74, 6) is -3.17. The van der Waals surface area contributed by atoms with E-state index in [1.165, 1.54) is 25.0 Å². The van der Waals surface area contributed by atoms with Crippen molar-refractivity contribution in [3.8, 4) is 0 Å². The van der Waals surface area contributed by atoms with Crippen molar-refractivity contribution in [3.63, 3.8) is 0 Å². The van der Waals surface area contributed by atoms with Gasteiger partial charge < -0.3 is 10.0 Å². The molecule has 1 aromatic rings. The van der Waals surface area contributed by atoms with Gasteiger partial charge in [0.15, 0.2) is 11.6 Å². The van der Waals surface area contributed by atoms with Crippen LogP contribution in [0.2, 0.25) is 0 Å². The van der Waals surface area contributed by atoms with E-state index in [9.17, 15) is 13.6 Å². The van der Waals surface area contributed by atoms with E-state index in [2.05, 4.69) is 0 Å². The van der Waals surface area contributed by atoms with Crippen LogP contribution in [-0.4, -0.2) is 23.7 Å². The maximum absolute atomic E-state index is 14.3. The molecule has 0 spiro atoms. The summed E-state index contributed by atoms with van der Waals surface area (Å²) < 4.78 is 28.1. The van der Waals surface area contributed by atoms with Gasteiger partial charge in [0, 0.05) is 12.6 Å². The van der Waals surface area contributed by atoms with E-state index in [0.717, 1.165) is 25.7 Å². The Hall–Kier alpha value is -1.65. The lowest BCUT2D eigenvalue weighted by molar-refractivity contribution is 0.0690. The smallest absolute Gasteiger partial charge is 0.338 e. The molecule has 1 unspecified atom stereocenters. The average Bonchev–Trinajstić information content (AvgIpc) is 3.10. The van der Waals surface area contributed by atoms with Gasteiger partial charge in [-0.15, -0.1) is 0 Å². The van der Waals surface area contributed by atoms with E-state index in [-0.39, 0.29) is 11.7 Å². The first-order valence-corrected chi connectivity index (χ1v) is 7.57. The fraction of sp³-hybridized carbons (Fsp3) is 0.562. The Labute approximate surface area is 122 Å². The number of anilines is 1. The van der Waals surface area contributed by atoms with E-state index in [1.54, 1.807) is 0 Å². The van der Waals surface area contributed by atoms with Crippen LogP contribution < -0.4 is 4.90 Å². The number of carbonyl (C=O) groups is 1. The second-order valence-corrected chi connectivity index (χ2v) is 6.01. The molecule has 1 aromatic carbocycles. The summed E-state index contributed by atoms with van der Waals surface area (Å²) in [7, 11) is 0. The fourth-order valence-electron chi connectivity index (χ4n) is 3.85. The van der Waals surface area contributed by atoms with Crippen LogP contribution >= 0.6 is 0 Å². The molecule has 21 heavy (non-hydrogen) atoms. The monoisotopic (exact) mass is 295 g/mol. The van der Waals surface area contributed by atoms with Crippen LogP contribution in [0.1, 0.15) is 48.9 Å². The van der Waals surface area contributed by atoms with E-state index < -0.39 is 23.2 Å². The molecule has 2 fully saturated rings. The predicted molar refractivity (Wildman–Crippen MR) is 75.6 cm³/mol. The summed E-state index contributed by atoms with van der Waals surface area (Å²) in [5.41, 5.74) is -0.389. The number of benzene rings is 1. The predicted octanol–water partition coefficient (Wildman–Crippen LogP) is 3.82. The van der Waals surface area contributed by atoms with E-state index >= 15 is 0 Å². The van der Waals surface area contributed by atoms with Gasteiger partial charge >= 0.3 is 5.97 Å². The molecule has 3 nitrogen and oxygen atoms in total. The molecule has 0 aromatic heterocycles. The Balaban J connectivity index is 1.92. The summed E-state index contributed by atoms with van der Waals surface area (Å²) in [6.45, 7) is 0.712. The number of hydrogen-bond donors (Lipinski definition) is 1. The lowest BCUT2D eigenvalue weighted by Crippen LogP contribution is -2.35. The number of aromatic carboxylic acids is 1. The molecule has 5 heteroatoms. The highest BCUT2D eigenvalue weighted by Gasteiger charge is 2.35. The molecule has 1 saturated heterocycles. The number of nitrogens with zero attached hydrogens (tertiary/aromatic N) is 1. The van der Waals surface area contributed by atoms with Crippen LogP contribution in [0.4, 0.5) is 14.5 Å². The molecular weight excluding hydrogens is 276 g/mol. The van der Waals surface area contributed by atoms with Gasteiger partial charge in [-0.2, -0.15) is 0 Å². The quantitative estimate of drug-likeness (QED) is 0.921. The number of halogens is 2. The molecule has 3 rings (SSSR count). The van der Waals surface area contributed by atoms with Crippen LogP contribution in [0.15, 0.2) is 12.1 Å². The number of hydrogen-bond acceptors (Lipinski definition) is 2. The zero-order valence-corrected chi connectivity index (χ0v) is 11.8. The standard InChI is InChI=1S/C16H19F2NO2/c17-14-11(16(20)21)7-8-13(15(14)18)19-9-3-6-12(19)10-4-1-2-5-10/h7-8,10,12H,1-6,9H2,(H,20,21). The Kier molecular flexibility index (Phi) is 3.83. The molecule has 0 amide bonds. The Morgan fingerprint density at radius 2 is 1.81 bits per heavy atom. The van der Waals surface area contributed by atoms with Crippen molar-refractivity contribution >= 4 is 11.7 Å². The lowest BCUT2D eigenvalue weighted by atomic mass is 9.95. The third kappa shape index (κ3) is 2.49. The molecule has 2 aliphatic rings. The summed E-state index contributed by atoms with van der Waals surface area (Å²) in [4.78, 5) is 12.8. The van der Waals surface area contributed by atoms with Crippen molar-refractivity contribution in [2.24, 2.45) is 5.92 Å². The average molecular weight is 295 g/mol. The van der Waals surface area contributed by atoms with Gasteiger partial charge in [-0.1, -0.05) is 12.8 Å². The van der Waals surface area contributed by atoms with Crippen LogP contribution in [0.5, 0.6) is 0 Å². The largest absolute Gasteiger partial charge is 0.478 e. The van der Waals surface area contributed by atoms with Crippen LogP contribution in [-0.2, 0) is 0 Å². The van der Waals surface area contributed by atoms with Crippen molar-refractivity contribution in [1.29, 1.82) is 0 Å². The number of carboxylic acids is 1. The van der Waals surface area contributed by atoms with Crippen molar-refractivity contribution < 1.29 is 18.7 Å². The summed E-state index contributed by atoms with van der Waals surface area (Å²) >= 11 is 0. The molecule has 1 N–H and O–H groups in total. The fourth-order valence-corrected chi connectivity index (χ4v) is 3.85.